The second-order valence-corrected chi connectivity index (χ2v) is 5.42. The summed E-state index contributed by atoms with van der Waals surface area (Å²) in [5.74, 6) is 2.94. The van der Waals surface area contributed by atoms with E-state index in [4.69, 9.17) is 0 Å². The molecule has 0 saturated carbocycles. The van der Waals surface area contributed by atoms with Crippen molar-refractivity contribution >= 4 is 11.6 Å². The number of hydrogen-bond donors (Lipinski definition) is 2. The minimum Gasteiger partial charge on any atom is -0.370 e. The van der Waals surface area contributed by atoms with Crippen LogP contribution in [0.5, 0.6) is 0 Å². The van der Waals surface area contributed by atoms with Crippen molar-refractivity contribution in [2.45, 2.75) is 39.7 Å². The first kappa shape index (κ1) is 15.3. The summed E-state index contributed by atoms with van der Waals surface area (Å²) in [4.78, 5) is 9.16. The highest BCUT2D eigenvalue weighted by Crippen LogP contribution is 2.17. The SMILES string of the molecule is CCCNc1cc(NCc2ccccc2)nc(C(C)C)n1. The number of rotatable bonds is 7. The zero-order chi connectivity index (χ0) is 15.1. The number of nitrogens with zero attached hydrogens (tertiary/aromatic N) is 2. The molecule has 0 unspecified atom stereocenters. The molecule has 0 aliphatic carbocycles. The van der Waals surface area contributed by atoms with E-state index in [1.54, 1.807) is 0 Å². The van der Waals surface area contributed by atoms with E-state index in [9.17, 15) is 0 Å². The Morgan fingerprint density at radius 2 is 1.67 bits per heavy atom. The molecule has 4 nitrogen and oxygen atoms in total. The van der Waals surface area contributed by atoms with Gasteiger partial charge in [-0.05, 0) is 12.0 Å². The van der Waals surface area contributed by atoms with Crippen LogP contribution in [0.15, 0.2) is 36.4 Å². The average molecular weight is 284 g/mol. The van der Waals surface area contributed by atoms with E-state index >= 15 is 0 Å². The number of benzene rings is 1. The van der Waals surface area contributed by atoms with Crippen LogP contribution in [0.3, 0.4) is 0 Å². The maximum Gasteiger partial charge on any atom is 0.135 e. The molecule has 2 N–H and O–H groups in total. The van der Waals surface area contributed by atoms with Crippen LogP contribution in [0.25, 0.3) is 0 Å². The highest BCUT2D eigenvalue weighted by atomic mass is 15.1. The van der Waals surface area contributed by atoms with E-state index in [0.717, 1.165) is 37.0 Å². The quantitative estimate of drug-likeness (QED) is 0.806. The highest BCUT2D eigenvalue weighted by molar-refractivity contribution is 5.48. The van der Waals surface area contributed by atoms with Crippen LogP contribution in [0.1, 0.15) is 44.5 Å². The van der Waals surface area contributed by atoms with Crippen molar-refractivity contribution in [2.75, 3.05) is 17.2 Å². The lowest BCUT2D eigenvalue weighted by Gasteiger charge is -2.12. The Bertz CT molecular complexity index is 552. The van der Waals surface area contributed by atoms with Gasteiger partial charge in [0.2, 0.25) is 0 Å². The molecular weight excluding hydrogens is 260 g/mol. The molecule has 0 bridgehead atoms. The van der Waals surface area contributed by atoms with Crippen LogP contribution in [-0.4, -0.2) is 16.5 Å². The fourth-order valence-electron chi connectivity index (χ4n) is 1.95. The zero-order valence-electron chi connectivity index (χ0n) is 13.1. The van der Waals surface area contributed by atoms with E-state index < -0.39 is 0 Å². The normalized spacial score (nSPS) is 10.7. The summed E-state index contributed by atoms with van der Waals surface area (Å²) in [5.41, 5.74) is 1.24. The van der Waals surface area contributed by atoms with Crippen molar-refractivity contribution in [3.05, 3.63) is 47.8 Å². The summed E-state index contributed by atoms with van der Waals surface area (Å²) in [6, 6.07) is 12.3. The summed E-state index contributed by atoms with van der Waals surface area (Å²) < 4.78 is 0. The van der Waals surface area contributed by atoms with E-state index in [2.05, 4.69) is 53.5 Å². The lowest BCUT2D eigenvalue weighted by Crippen LogP contribution is -2.09. The smallest absolute Gasteiger partial charge is 0.135 e. The summed E-state index contributed by atoms with van der Waals surface area (Å²) in [5, 5.41) is 6.72. The van der Waals surface area contributed by atoms with Gasteiger partial charge in [0.25, 0.3) is 0 Å². The summed E-state index contributed by atoms with van der Waals surface area (Å²) in [7, 11) is 0. The van der Waals surface area contributed by atoms with Gasteiger partial charge in [-0.2, -0.15) is 0 Å². The van der Waals surface area contributed by atoms with Gasteiger partial charge in [-0.15, -0.1) is 0 Å². The predicted octanol–water partition coefficient (Wildman–Crippen LogP) is 4.03. The molecule has 0 aliphatic heterocycles. The molecule has 1 aromatic heterocycles. The molecule has 0 saturated heterocycles. The van der Waals surface area contributed by atoms with Crippen molar-refractivity contribution < 1.29 is 0 Å². The molecule has 0 aliphatic rings. The van der Waals surface area contributed by atoms with Crippen LogP contribution < -0.4 is 10.6 Å². The number of aromatic nitrogens is 2. The fourth-order valence-corrected chi connectivity index (χ4v) is 1.95. The van der Waals surface area contributed by atoms with Gasteiger partial charge in [0.05, 0.1) is 0 Å². The Morgan fingerprint density at radius 3 is 2.29 bits per heavy atom. The first-order valence-corrected chi connectivity index (χ1v) is 7.59. The molecule has 0 amide bonds. The maximum atomic E-state index is 4.59. The Kier molecular flexibility index (Phi) is 5.55. The van der Waals surface area contributed by atoms with E-state index in [1.165, 1.54) is 5.56 Å². The number of hydrogen-bond acceptors (Lipinski definition) is 4. The summed E-state index contributed by atoms with van der Waals surface area (Å²) in [6.45, 7) is 8.06. The lowest BCUT2D eigenvalue weighted by atomic mass is 10.2. The molecule has 2 rings (SSSR count). The number of anilines is 2. The topological polar surface area (TPSA) is 49.8 Å². The van der Waals surface area contributed by atoms with Gasteiger partial charge in [0.1, 0.15) is 17.5 Å². The monoisotopic (exact) mass is 284 g/mol. The second-order valence-electron chi connectivity index (χ2n) is 5.42. The Labute approximate surface area is 127 Å². The van der Waals surface area contributed by atoms with Crippen molar-refractivity contribution in [2.24, 2.45) is 0 Å². The Hall–Kier alpha value is -2.10. The van der Waals surface area contributed by atoms with Gasteiger partial charge in [0, 0.05) is 25.1 Å². The van der Waals surface area contributed by atoms with E-state index in [0.29, 0.717) is 5.92 Å². The molecule has 112 valence electrons. The molecule has 4 heteroatoms. The average Bonchev–Trinajstić information content (AvgIpc) is 2.51. The molecule has 1 heterocycles. The molecule has 0 atom stereocenters. The summed E-state index contributed by atoms with van der Waals surface area (Å²) in [6.07, 6.45) is 1.08. The van der Waals surface area contributed by atoms with Crippen molar-refractivity contribution in [3.63, 3.8) is 0 Å². The van der Waals surface area contributed by atoms with Gasteiger partial charge in [-0.3, -0.25) is 0 Å². The van der Waals surface area contributed by atoms with Crippen LogP contribution >= 0.6 is 0 Å². The second kappa shape index (κ2) is 7.62. The van der Waals surface area contributed by atoms with Gasteiger partial charge in [-0.1, -0.05) is 51.1 Å². The molecule has 21 heavy (non-hydrogen) atoms. The van der Waals surface area contributed by atoms with Crippen LogP contribution in [-0.2, 0) is 6.54 Å². The van der Waals surface area contributed by atoms with Gasteiger partial charge in [-0.25, -0.2) is 9.97 Å². The Balaban J connectivity index is 2.11. The van der Waals surface area contributed by atoms with Crippen LogP contribution in [0.2, 0.25) is 0 Å². The highest BCUT2D eigenvalue weighted by Gasteiger charge is 2.07. The van der Waals surface area contributed by atoms with Crippen molar-refractivity contribution in [1.82, 2.24) is 9.97 Å². The van der Waals surface area contributed by atoms with Crippen LogP contribution in [0, 0.1) is 0 Å². The van der Waals surface area contributed by atoms with Crippen molar-refractivity contribution in [3.8, 4) is 0 Å². The molecule has 2 aromatic rings. The molecule has 0 fully saturated rings. The maximum absolute atomic E-state index is 4.59. The third-order valence-electron chi connectivity index (χ3n) is 3.13. The first-order chi connectivity index (χ1) is 10.2. The first-order valence-electron chi connectivity index (χ1n) is 7.59. The largest absolute Gasteiger partial charge is 0.370 e. The lowest BCUT2D eigenvalue weighted by molar-refractivity contribution is 0.773. The van der Waals surface area contributed by atoms with Crippen molar-refractivity contribution in [1.29, 1.82) is 0 Å². The predicted molar refractivity (Wildman–Crippen MR) is 88.7 cm³/mol. The Morgan fingerprint density at radius 1 is 1.00 bits per heavy atom. The van der Waals surface area contributed by atoms with E-state index in [-0.39, 0.29) is 0 Å². The third-order valence-corrected chi connectivity index (χ3v) is 3.13. The minimum atomic E-state index is 0.311. The van der Waals surface area contributed by atoms with Gasteiger partial charge in [0.15, 0.2) is 0 Å². The minimum absolute atomic E-state index is 0.311. The molecule has 1 aromatic carbocycles. The van der Waals surface area contributed by atoms with Crippen LogP contribution in [0.4, 0.5) is 11.6 Å². The van der Waals surface area contributed by atoms with Gasteiger partial charge >= 0.3 is 0 Å². The standard InChI is InChI=1S/C17H24N4/c1-4-10-18-15-11-16(21-17(20-15)13(2)3)19-12-14-8-6-5-7-9-14/h5-9,11,13H,4,10,12H2,1-3H3,(H2,18,19,20,21). The van der Waals surface area contributed by atoms with E-state index in [1.807, 2.05) is 24.3 Å². The number of nitrogens with one attached hydrogen (secondary N) is 2. The summed E-state index contributed by atoms with van der Waals surface area (Å²) >= 11 is 0. The molecular formula is C17H24N4. The molecule has 0 radical (unpaired) electrons. The van der Waals surface area contributed by atoms with Gasteiger partial charge < -0.3 is 10.6 Å². The third kappa shape index (κ3) is 4.74. The molecule has 0 spiro atoms. The fraction of sp³-hybridized carbons (Fsp3) is 0.412. The zero-order valence-corrected chi connectivity index (χ0v) is 13.1.